The zero-order valence-electron chi connectivity index (χ0n) is 17.4. The van der Waals surface area contributed by atoms with Crippen LogP contribution in [0, 0.1) is 0 Å². The molecule has 0 unspecified atom stereocenters. The van der Waals surface area contributed by atoms with Gasteiger partial charge in [-0.05, 0) is 12.1 Å². The van der Waals surface area contributed by atoms with Crippen LogP contribution in [0.15, 0.2) is 24.3 Å². The summed E-state index contributed by atoms with van der Waals surface area (Å²) in [6.45, 7) is 5.35. The molecule has 10 heteroatoms. The van der Waals surface area contributed by atoms with Crippen molar-refractivity contribution in [2.75, 3.05) is 52.5 Å². The second-order valence-corrected chi connectivity index (χ2v) is 8.53. The number of hydrogen-bond donors (Lipinski definition) is 0. The molecule has 0 saturated carbocycles. The average molecular weight is 466 g/mol. The Hall–Kier alpha value is -2.13. The fraction of sp³-hybridized carbons (Fsp3) is 0.476. The number of carbonyl (C=O) groups excluding carboxylic acids is 2. The lowest BCUT2D eigenvalue weighted by Gasteiger charge is -2.35. The summed E-state index contributed by atoms with van der Waals surface area (Å²) in [6.07, 6.45) is 0. The molecule has 1 aromatic heterocycles. The average Bonchev–Trinajstić information content (AvgIpc) is 3.18. The van der Waals surface area contributed by atoms with Gasteiger partial charge in [-0.15, -0.1) is 0 Å². The standard InChI is InChI=1S/C21H25Cl2N5O3/c1-25-19(13-18(24-25)20(29)28-9-11-31-12-10-28)21(30)27-7-5-26(6-8-27)14-15-16(22)3-2-4-17(15)23/h2-4,13H,5-12,14H2,1H3. The topological polar surface area (TPSA) is 70.9 Å². The number of aromatic nitrogens is 2. The van der Waals surface area contributed by atoms with Crippen LogP contribution in [-0.4, -0.2) is 88.8 Å². The van der Waals surface area contributed by atoms with Crippen LogP contribution in [0.4, 0.5) is 0 Å². The van der Waals surface area contributed by atoms with E-state index in [2.05, 4.69) is 10.00 Å². The Kier molecular flexibility index (Phi) is 6.81. The van der Waals surface area contributed by atoms with E-state index in [1.807, 2.05) is 18.2 Å². The van der Waals surface area contributed by atoms with Crippen molar-refractivity contribution in [3.8, 4) is 0 Å². The molecule has 2 fully saturated rings. The number of benzene rings is 1. The quantitative estimate of drug-likeness (QED) is 0.691. The summed E-state index contributed by atoms with van der Waals surface area (Å²) in [4.78, 5) is 31.5. The summed E-state index contributed by atoms with van der Waals surface area (Å²) < 4.78 is 6.78. The number of hydrogen-bond acceptors (Lipinski definition) is 5. The minimum Gasteiger partial charge on any atom is -0.378 e. The minimum atomic E-state index is -0.167. The number of piperazine rings is 1. The third-order valence-corrected chi connectivity index (χ3v) is 6.43. The third kappa shape index (κ3) is 4.87. The maximum atomic E-state index is 13.1. The molecule has 0 aliphatic carbocycles. The van der Waals surface area contributed by atoms with E-state index < -0.39 is 0 Å². The number of rotatable bonds is 4. The largest absolute Gasteiger partial charge is 0.378 e. The van der Waals surface area contributed by atoms with Crippen molar-refractivity contribution >= 4 is 35.0 Å². The lowest BCUT2D eigenvalue weighted by Crippen LogP contribution is -2.48. The lowest BCUT2D eigenvalue weighted by atomic mass is 10.2. The first kappa shape index (κ1) is 22.1. The first-order valence-electron chi connectivity index (χ1n) is 10.3. The first-order chi connectivity index (χ1) is 14.9. The van der Waals surface area contributed by atoms with E-state index in [1.54, 1.807) is 22.9 Å². The highest BCUT2D eigenvalue weighted by Crippen LogP contribution is 2.26. The summed E-state index contributed by atoms with van der Waals surface area (Å²) in [5, 5.41) is 5.59. The van der Waals surface area contributed by atoms with Gasteiger partial charge in [-0.1, -0.05) is 29.3 Å². The Bertz CT molecular complexity index is 946. The predicted molar refractivity (Wildman–Crippen MR) is 118 cm³/mol. The number of halogens is 2. The van der Waals surface area contributed by atoms with Crippen molar-refractivity contribution in [2.24, 2.45) is 7.05 Å². The minimum absolute atomic E-state index is 0.119. The fourth-order valence-corrected chi connectivity index (χ4v) is 4.40. The Morgan fingerprint density at radius 2 is 1.58 bits per heavy atom. The molecular weight excluding hydrogens is 441 g/mol. The van der Waals surface area contributed by atoms with Crippen molar-refractivity contribution in [2.45, 2.75) is 6.54 Å². The maximum Gasteiger partial charge on any atom is 0.274 e. The first-order valence-corrected chi connectivity index (χ1v) is 11.0. The fourth-order valence-electron chi connectivity index (χ4n) is 3.88. The number of ether oxygens (including phenoxy) is 1. The van der Waals surface area contributed by atoms with E-state index >= 15 is 0 Å². The molecule has 2 aliphatic heterocycles. The van der Waals surface area contributed by atoms with Crippen molar-refractivity contribution in [1.82, 2.24) is 24.5 Å². The summed E-state index contributed by atoms with van der Waals surface area (Å²) in [5.74, 6) is -0.286. The molecule has 0 bridgehead atoms. The van der Waals surface area contributed by atoms with Crippen molar-refractivity contribution < 1.29 is 14.3 Å². The van der Waals surface area contributed by atoms with E-state index in [0.717, 1.165) is 5.56 Å². The molecule has 2 aliphatic rings. The molecule has 2 amide bonds. The second-order valence-electron chi connectivity index (χ2n) is 7.71. The van der Waals surface area contributed by atoms with Gasteiger partial charge in [0, 0.05) is 74.5 Å². The van der Waals surface area contributed by atoms with Crippen molar-refractivity contribution in [1.29, 1.82) is 0 Å². The normalized spacial score (nSPS) is 17.8. The molecular formula is C21H25Cl2N5O3. The highest BCUT2D eigenvalue weighted by atomic mass is 35.5. The number of carbonyl (C=O) groups is 2. The Labute approximate surface area is 191 Å². The van der Waals surface area contributed by atoms with Gasteiger partial charge in [0.25, 0.3) is 11.8 Å². The van der Waals surface area contributed by atoms with Crippen LogP contribution in [0.2, 0.25) is 10.0 Å². The van der Waals surface area contributed by atoms with E-state index in [0.29, 0.717) is 80.5 Å². The van der Waals surface area contributed by atoms with Gasteiger partial charge in [0.2, 0.25) is 0 Å². The van der Waals surface area contributed by atoms with Crippen LogP contribution in [0.3, 0.4) is 0 Å². The summed E-state index contributed by atoms with van der Waals surface area (Å²) >= 11 is 12.6. The van der Waals surface area contributed by atoms with Crippen LogP contribution < -0.4 is 0 Å². The highest BCUT2D eigenvalue weighted by molar-refractivity contribution is 6.35. The molecule has 31 heavy (non-hydrogen) atoms. The third-order valence-electron chi connectivity index (χ3n) is 5.72. The SMILES string of the molecule is Cn1nc(C(=O)N2CCOCC2)cc1C(=O)N1CCN(Cc2c(Cl)cccc2Cl)CC1. The number of nitrogens with zero attached hydrogens (tertiary/aromatic N) is 5. The molecule has 166 valence electrons. The zero-order chi connectivity index (χ0) is 22.0. The Morgan fingerprint density at radius 3 is 2.23 bits per heavy atom. The molecule has 0 spiro atoms. The predicted octanol–water partition coefficient (Wildman–Crippen LogP) is 2.16. The molecule has 8 nitrogen and oxygen atoms in total. The van der Waals surface area contributed by atoms with E-state index in [-0.39, 0.29) is 11.8 Å². The monoisotopic (exact) mass is 465 g/mol. The second kappa shape index (κ2) is 9.56. The number of aryl methyl sites for hydroxylation is 1. The molecule has 0 atom stereocenters. The van der Waals surface area contributed by atoms with Crippen LogP contribution in [0.25, 0.3) is 0 Å². The summed E-state index contributed by atoms with van der Waals surface area (Å²) in [7, 11) is 1.69. The van der Waals surface area contributed by atoms with Crippen molar-refractivity contribution in [3.05, 3.63) is 51.3 Å². The van der Waals surface area contributed by atoms with Crippen LogP contribution in [-0.2, 0) is 18.3 Å². The summed E-state index contributed by atoms with van der Waals surface area (Å²) in [5.41, 5.74) is 1.61. The molecule has 1 aromatic carbocycles. The van der Waals surface area contributed by atoms with Crippen LogP contribution in [0.5, 0.6) is 0 Å². The van der Waals surface area contributed by atoms with Gasteiger partial charge >= 0.3 is 0 Å². The smallest absolute Gasteiger partial charge is 0.274 e. The molecule has 2 saturated heterocycles. The van der Waals surface area contributed by atoms with Crippen molar-refractivity contribution in [3.63, 3.8) is 0 Å². The van der Waals surface area contributed by atoms with Gasteiger partial charge in [0.15, 0.2) is 5.69 Å². The molecule has 2 aromatic rings. The van der Waals surface area contributed by atoms with Gasteiger partial charge in [-0.25, -0.2) is 0 Å². The maximum absolute atomic E-state index is 13.1. The van der Waals surface area contributed by atoms with Crippen LogP contribution in [0.1, 0.15) is 26.5 Å². The van der Waals surface area contributed by atoms with E-state index in [4.69, 9.17) is 27.9 Å². The highest BCUT2D eigenvalue weighted by Gasteiger charge is 2.28. The van der Waals surface area contributed by atoms with Gasteiger partial charge < -0.3 is 14.5 Å². The van der Waals surface area contributed by atoms with Gasteiger partial charge in [-0.2, -0.15) is 5.10 Å². The van der Waals surface area contributed by atoms with E-state index in [1.165, 1.54) is 4.68 Å². The van der Waals surface area contributed by atoms with Gasteiger partial charge in [0.05, 0.1) is 13.2 Å². The Morgan fingerprint density at radius 1 is 0.968 bits per heavy atom. The van der Waals surface area contributed by atoms with E-state index in [9.17, 15) is 9.59 Å². The van der Waals surface area contributed by atoms with Crippen LogP contribution >= 0.6 is 23.2 Å². The molecule has 3 heterocycles. The number of amides is 2. The lowest BCUT2D eigenvalue weighted by molar-refractivity contribution is 0.0298. The van der Waals surface area contributed by atoms with Gasteiger partial charge in [0.1, 0.15) is 5.69 Å². The Balaban J connectivity index is 1.37. The molecule has 0 radical (unpaired) electrons. The molecule has 4 rings (SSSR count). The molecule has 0 N–H and O–H groups in total. The van der Waals surface area contributed by atoms with Gasteiger partial charge in [-0.3, -0.25) is 19.2 Å². The summed E-state index contributed by atoms with van der Waals surface area (Å²) in [6, 6.07) is 7.09. The zero-order valence-corrected chi connectivity index (χ0v) is 18.9. The number of morpholine rings is 1.